The van der Waals surface area contributed by atoms with Crippen LogP contribution in [0.4, 0.5) is 5.69 Å². The molecule has 3 aromatic carbocycles. The van der Waals surface area contributed by atoms with Gasteiger partial charge in [-0.25, -0.2) is 0 Å². The highest BCUT2D eigenvalue weighted by atomic mass is 35.5. The van der Waals surface area contributed by atoms with E-state index in [1.54, 1.807) is 0 Å². The van der Waals surface area contributed by atoms with E-state index in [9.17, 15) is 0 Å². The summed E-state index contributed by atoms with van der Waals surface area (Å²) in [5, 5.41) is 6.80. The van der Waals surface area contributed by atoms with Crippen molar-refractivity contribution in [2.75, 3.05) is 5.32 Å². The monoisotopic (exact) mass is 281 g/mol. The smallest absolute Gasteiger partial charge is 0.0455 e. The van der Waals surface area contributed by atoms with Gasteiger partial charge in [0.1, 0.15) is 0 Å². The Kier molecular flexibility index (Phi) is 3.62. The number of fused-ring (bicyclic) bond motifs is 1. The van der Waals surface area contributed by atoms with Gasteiger partial charge in [0.2, 0.25) is 0 Å². The molecular formula is C18H16ClN. The molecule has 0 saturated heterocycles. The maximum atomic E-state index is 6.13. The SMILES string of the molecule is Cc1c(Cl)cccc1NCc1ccc2ccccc2c1. The van der Waals surface area contributed by atoms with Gasteiger partial charge < -0.3 is 5.32 Å². The standard InChI is InChI=1S/C18H16ClN/c1-13-17(19)7-4-8-18(13)20-12-14-9-10-15-5-2-3-6-16(15)11-14/h2-11,20H,12H2,1H3. The normalized spacial score (nSPS) is 10.7. The van der Waals surface area contributed by atoms with Crippen LogP contribution >= 0.6 is 11.6 Å². The first-order valence-electron chi connectivity index (χ1n) is 6.71. The van der Waals surface area contributed by atoms with E-state index >= 15 is 0 Å². The Morgan fingerprint density at radius 3 is 2.55 bits per heavy atom. The summed E-state index contributed by atoms with van der Waals surface area (Å²) in [7, 11) is 0. The molecule has 1 N–H and O–H groups in total. The average Bonchev–Trinajstić information content (AvgIpc) is 2.48. The molecule has 0 bridgehead atoms. The summed E-state index contributed by atoms with van der Waals surface area (Å²) < 4.78 is 0. The number of anilines is 1. The van der Waals surface area contributed by atoms with Gasteiger partial charge in [0.15, 0.2) is 0 Å². The summed E-state index contributed by atoms with van der Waals surface area (Å²) in [4.78, 5) is 0. The Hall–Kier alpha value is -1.99. The molecule has 0 aromatic heterocycles. The third-order valence-electron chi connectivity index (χ3n) is 3.56. The molecule has 0 amide bonds. The summed E-state index contributed by atoms with van der Waals surface area (Å²) in [6.45, 7) is 2.83. The Morgan fingerprint density at radius 1 is 0.900 bits per heavy atom. The predicted octanol–water partition coefficient (Wildman–Crippen LogP) is 5.41. The minimum absolute atomic E-state index is 0.798. The third-order valence-corrected chi connectivity index (χ3v) is 3.97. The van der Waals surface area contributed by atoms with Crippen LogP contribution in [0.25, 0.3) is 10.8 Å². The van der Waals surface area contributed by atoms with E-state index in [0.717, 1.165) is 22.8 Å². The van der Waals surface area contributed by atoms with E-state index in [0.29, 0.717) is 0 Å². The van der Waals surface area contributed by atoms with Crippen molar-refractivity contribution < 1.29 is 0 Å². The molecule has 0 saturated carbocycles. The van der Waals surface area contributed by atoms with Crippen LogP contribution in [-0.4, -0.2) is 0 Å². The zero-order valence-electron chi connectivity index (χ0n) is 11.4. The van der Waals surface area contributed by atoms with Crippen LogP contribution in [0.15, 0.2) is 60.7 Å². The number of nitrogens with one attached hydrogen (secondary N) is 1. The summed E-state index contributed by atoms with van der Waals surface area (Å²) in [6.07, 6.45) is 0. The van der Waals surface area contributed by atoms with Crippen LogP contribution in [0.2, 0.25) is 5.02 Å². The second kappa shape index (κ2) is 5.56. The second-order valence-electron chi connectivity index (χ2n) is 4.95. The number of hydrogen-bond acceptors (Lipinski definition) is 1. The number of benzene rings is 3. The lowest BCUT2D eigenvalue weighted by Crippen LogP contribution is -2.01. The van der Waals surface area contributed by atoms with Crippen molar-refractivity contribution in [3.63, 3.8) is 0 Å². The molecule has 0 aliphatic rings. The van der Waals surface area contributed by atoms with E-state index in [2.05, 4.69) is 53.8 Å². The van der Waals surface area contributed by atoms with E-state index in [1.165, 1.54) is 16.3 Å². The summed E-state index contributed by atoms with van der Waals surface area (Å²) >= 11 is 6.13. The zero-order chi connectivity index (χ0) is 13.9. The van der Waals surface area contributed by atoms with Crippen LogP contribution in [0.3, 0.4) is 0 Å². The van der Waals surface area contributed by atoms with E-state index in [4.69, 9.17) is 11.6 Å². The largest absolute Gasteiger partial charge is 0.381 e. The molecule has 0 aliphatic carbocycles. The molecule has 0 fully saturated rings. The first kappa shape index (κ1) is 13.0. The van der Waals surface area contributed by atoms with Crippen molar-refractivity contribution in [3.8, 4) is 0 Å². The average molecular weight is 282 g/mol. The Bertz CT molecular complexity index is 749. The van der Waals surface area contributed by atoms with Crippen molar-refractivity contribution in [3.05, 3.63) is 76.8 Å². The summed E-state index contributed by atoms with van der Waals surface area (Å²) in [6, 6.07) is 20.9. The molecule has 3 aromatic rings. The first-order valence-corrected chi connectivity index (χ1v) is 7.08. The van der Waals surface area contributed by atoms with Crippen molar-refractivity contribution in [2.45, 2.75) is 13.5 Å². The van der Waals surface area contributed by atoms with Crippen LogP contribution in [-0.2, 0) is 6.54 Å². The molecular weight excluding hydrogens is 266 g/mol. The highest BCUT2D eigenvalue weighted by Gasteiger charge is 2.02. The number of halogens is 1. The Labute approximate surface area is 124 Å². The molecule has 0 radical (unpaired) electrons. The van der Waals surface area contributed by atoms with Crippen LogP contribution < -0.4 is 5.32 Å². The van der Waals surface area contributed by atoms with E-state index in [1.807, 2.05) is 19.1 Å². The minimum Gasteiger partial charge on any atom is -0.381 e. The fraction of sp³-hybridized carbons (Fsp3) is 0.111. The van der Waals surface area contributed by atoms with Gasteiger partial charge in [-0.3, -0.25) is 0 Å². The molecule has 3 rings (SSSR count). The fourth-order valence-electron chi connectivity index (χ4n) is 2.35. The molecule has 0 heterocycles. The number of hydrogen-bond donors (Lipinski definition) is 1. The molecule has 1 nitrogen and oxygen atoms in total. The van der Waals surface area contributed by atoms with Crippen molar-refractivity contribution in [1.29, 1.82) is 0 Å². The van der Waals surface area contributed by atoms with Gasteiger partial charge in [-0.2, -0.15) is 0 Å². The molecule has 100 valence electrons. The maximum absolute atomic E-state index is 6.13. The highest BCUT2D eigenvalue weighted by Crippen LogP contribution is 2.24. The van der Waals surface area contributed by atoms with Gasteiger partial charge in [-0.1, -0.05) is 54.1 Å². The molecule has 0 spiro atoms. The fourth-order valence-corrected chi connectivity index (χ4v) is 2.52. The van der Waals surface area contributed by atoms with Crippen molar-refractivity contribution >= 4 is 28.1 Å². The van der Waals surface area contributed by atoms with Gasteiger partial charge in [-0.15, -0.1) is 0 Å². The lowest BCUT2D eigenvalue weighted by Gasteiger charge is -2.11. The quantitative estimate of drug-likeness (QED) is 0.676. The van der Waals surface area contributed by atoms with Gasteiger partial charge in [0, 0.05) is 17.3 Å². The topological polar surface area (TPSA) is 12.0 Å². The molecule has 20 heavy (non-hydrogen) atoms. The molecule has 0 unspecified atom stereocenters. The number of rotatable bonds is 3. The van der Waals surface area contributed by atoms with Crippen LogP contribution in [0, 0.1) is 6.92 Å². The van der Waals surface area contributed by atoms with E-state index < -0.39 is 0 Å². The Balaban J connectivity index is 1.81. The van der Waals surface area contributed by atoms with Gasteiger partial charge in [-0.05, 0) is 47.0 Å². The Morgan fingerprint density at radius 2 is 1.70 bits per heavy atom. The lowest BCUT2D eigenvalue weighted by atomic mass is 10.1. The van der Waals surface area contributed by atoms with Gasteiger partial charge >= 0.3 is 0 Å². The predicted molar refractivity (Wildman–Crippen MR) is 87.5 cm³/mol. The zero-order valence-corrected chi connectivity index (χ0v) is 12.1. The molecule has 0 atom stereocenters. The maximum Gasteiger partial charge on any atom is 0.0455 e. The second-order valence-corrected chi connectivity index (χ2v) is 5.35. The first-order chi connectivity index (χ1) is 9.74. The van der Waals surface area contributed by atoms with Gasteiger partial charge in [0.25, 0.3) is 0 Å². The van der Waals surface area contributed by atoms with Crippen LogP contribution in [0.1, 0.15) is 11.1 Å². The molecule has 2 heteroatoms. The lowest BCUT2D eigenvalue weighted by molar-refractivity contribution is 1.15. The minimum atomic E-state index is 0.798. The summed E-state index contributed by atoms with van der Waals surface area (Å²) in [5.41, 5.74) is 3.45. The highest BCUT2D eigenvalue weighted by molar-refractivity contribution is 6.31. The van der Waals surface area contributed by atoms with Crippen molar-refractivity contribution in [1.82, 2.24) is 0 Å². The van der Waals surface area contributed by atoms with Crippen molar-refractivity contribution in [2.24, 2.45) is 0 Å². The summed E-state index contributed by atoms with van der Waals surface area (Å²) in [5.74, 6) is 0. The van der Waals surface area contributed by atoms with Crippen LogP contribution in [0.5, 0.6) is 0 Å². The van der Waals surface area contributed by atoms with Gasteiger partial charge in [0.05, 0.1) is 0 Å². The van der Waals surface area contributed by atoms with E-state index in [-0.39, 0.29) is 0 Å². The third kappa shape index (κ3) is 2.63. The molecule has 0 aliphatic heterocycles.